The molecule has 144 valence electrons. The molecule has 0 atom stereocenters. The van der Waals surface area contributed by atoms with Crippen molar-refractivity contribution in [1.29, 1.82) is 0 Å². The summed E-state index contributed by atoms with van der Waals surface area (Å²) in [5, 5.41) is 0. The van der Waals surface area contributed by atoms with E-state index in [0.717, 1.165) is 0 Å². The summed E-state index contributed by atoms with van der Waals surface area (Å²) < 4.78 is 71.6. The fourth-order valence-electron chi connectivity index (χ4n) is 2.54. The molecule has 1 N–H and O–H groups in total. The van der Waals surface area contributed by atoms with E-state index in [1.807, 2.05) is 0 Å². The number of nitrogens with one attached hydrogen (secondary N) is 1. The van der Waals surface area contributed by atoms with Crippen molar-refractivity contribution in [2.45, 2.75) is 20.8 Å². The maximum atomic E-state index is 13.7. The van der Waals surface area contributed by atoms with Gasteiger partial charge in [-0.15, -0.1) is 0 Å². The minimum atomic E-state index is -2.29. The van der Waals surface area contributed by atoms with E-state index in [4.69, 9.17) is 4.74 Å². The molecule has 0 saturated carbocycles. The van der Waals surface area contributed by atoms with Crippen LogP contribution < -0.4 is 0 Å². The smallest absolute Gasteiger partial charge is 0.355 e. The number of ether oxygens (including phenoxy) is 1. The second-order valence-electron chi connectivity index (χ2n) is 5.53. The highest BCUT2D eigenvalue weighted by atomic mass is 19.2. The van der Waals surface area contributed by atoms with E-state index in [1.165, 1.54) is 13.8 Å². The standard InChI is InChI=1S/C18H14F5NO3/c1-4-27-18(26)17-7(2)11(8(3)24-17)10(25)6-5-9-12(19)14(21)16(23)15(22)13(9)20/h5-6,24H,4H2,1-3H3/b6-5+. The van der Waals surface area contributed by atoms with Gasteiger partial charge in [-0.3, -0.25) is 4.79 Å². The summed E-state index contributed by atoms with van der Waals surface area (Å²) in [6.45, 7) is 4.64. The normalized spacial score (nSPS) is 11.3. The van der Waals surface area contributed by atoms with Crippen molar-refractivity contribution in [2.24, 2.45) is 0 Å². The fraction of sp³-hybridized carbons (Fsp3) is 0.222. The number of carbonyl (C=O) groups excluding carboxylic acids is 2. The first-order valence-corrected chi connectivity index (χ1v) is 7.71. The summed E-state index contributed by atoms with van der Waals surface area (Å²) >= 11 is 0. The Labute approximate surface area is 150 Å². The number of hydrogen-bond acceptors (Lipinski definition) is 3. The van der Waals surface area contributed by atoms with Gasteiger partial charge in [0.1, 0.15) is 5.69 Å². The van der Waals surface area contributed by atoms with Crippen LogP contribution in [0.4, 0.5) is 22.0 Å². The van der Waals surface area contributed by atoms with Crippen LogP contribution in [-0.4, -0.2) is 23.3 Å². The minimum Gasteiger partial charge on any atom is -0.461 e. The Hall–Kier alpha value is -2.97. The van der Waals surface area contributed by atoms with Crippen molar-refractivity contribution < 1.29 is 36.3 Å². The number of hydrogen-bond donors (Lipinski definition) is 1. The lowest BCUT2D eigenvalue weighted by Gasteiger charge is -2.04. The van der Waals surface area contributed by atoms with Crippen LogP contribution in [0.25, 0.3) is 6.08 Å². The molecule has 0 fully saturated rings. The number of aromatic nitrogens is 1. The molecule has 0 aliphatic rings. The predicted molar refractivity (Wildman–Crippen MR) is 85.8 cm³/mol. The molecule has 2 rings (SSSR count). The second-order valence-corrected chi connectivity index (χ2v) is 5.53. The number of halogens is 5. The maximum Gasteiger partial charge on any atom is 0.355 e. The lowest BCUT2D eigenvalue weighted by Crippen LogP contribution is -2.07. The number of ketones is 1. The van der Waals surface area contributed by atoms with Crippen LogP contribution in [-0.2, 0) is 4.74 Å². The van der Waals surface area contributed by atoms with Gasteiger partial charge in [0, 0.05) is 11.3 Å². The number of H-pyrrole nitrogens is 1. The third-order valence-corrected chi connectivity index (χ3v) is 3.81. The highest BCUT2D eigenvalue weighted by Gasteiger charge is 2.25. The molecule has 0 radical (unpaired) electrons. The van der Waals surface area contributed by atoms with Gasteiger partial charge in [0.2, 0.25) is 5.82 Å². The van der Waals surface area contributed by atoms with Gasteiger partial charge in [-0.1, -0.05) is 0 Å². The van der Waals surface area contributed by atoms with Gasteiger partial charge in [0.15, 0.2) is 29.1 Å². The zero-order valence-corrected chi connectivity index (χ0v) is 14.5. The monoisotopic (exact) mass is 387 g/mol. The van der Waals surface area contributed by atoms with Crippen LogP contribution in [0.5, 0.6) is 0 Å². The highest BCUT2D eigenvalue weighted by Crippen LogP contribution is 2.25. The number of rotatable bonds is 5. The molecule has 0 unspecified atom stereocenters. The topological polar surface area (TPSA) is 59.2 Å². The van der Waals surface area contributed by atoms with Crippen LogP contribution in [0.1, 0.15) is 44.6 Å². The molecule has 0 spiro atoms. The number of aromatic amines is 1. The van der Waals surface area contributed by atoms with Crippen molar-refractivity contribution in [1.82, 2.24) is 4.98 Å². The van der Waals surface area contributed by atoms with Crippen LogP contribution in [0.3, 0.4) is 0 Å². The molecule has 0 amide bonds. The Bertz CT molecular complexity index is 934. The summed E-state index contributed by atoms with van der Waals surface area (Å²) in [7, 11) is 0. The van der Waals surface area contributed by atoms with Crippen LogP contribution >= 0.6 is 0 Å². The first kappa shape index (κ1) is 20.3. The Morgan fingerprint density at radius 3 is 2.00 bits per heavy atom. The Morgan fingerprint density at radius 2 is 1.48 bits per heavy atom. The molecule has 4 nitrogen and oxygen atoms in total. The molecule has 27 heavy (non-hydrogen) atoms. The van der Waals surface area contributed by atoms with Gasteiger partial charge in [-0.05, 0) is 38.5 Å². The molecule has 2 aromatic rings. The van der Waals surface area contributed by atoms with E-state index in [9.17, 15) is 31.5 Å². The third-order valence-electron chi connectivity index (χ3n) is 3.81. The predicted octanol–water partition coefficient (Wildman–Crippen LogP) is 4.40. The fourth-order valence-corrected chi connectivity index (χ4v) is 2.54. The molecule has 1 aromatic heterocycles. The lowest BCUT2D eigenvalue weighted by molar-refractivity contribution is 0.0519. The second kappa shape index (κ2) is 7.73. The summed E-state index contributed by atoms with van der Waals surface area (Å²) in [6, 6.07) is 0. The summed E-state index contributed by atoms with van der Waals surface area (Å²) in [5.74, 6) is -12.1. The molecule has 0 bridgehead atoms. The van der Waals surface area contributed by atoms with Crippen molar-refractivity contribution in [3.63, 3.8) is 0 Å². The quantitative estimate of drug-likeness (QED) is 0.207. The van der Waals surface area contributed by atoms with E-state index in [1.54, 1.807) is 6.92 Å². The SMILES string of the molecule is CCOC(=O)c1[nH]c(C)c(C(=O)/C=C/c2c(F)c(F)c(F)c(F)c2F)c1C. The van der Waals surface area contributed by atoms with E-state index >= 15 is 0 Å². The molecule has 9 heteroatoms. The minimum absolute atomic E-state index is 0.0261. The molecule has 1 aromatic carbocycles. The van der Waals surface area contributed by atoms with E-state index in [2.05, 4.69) is 4.98 Å². The third kappa shape index (κ3) is 3.62. The van der Waals surface area contributed by atoms with Gasteiger partial charge in [-0.2, -0.15) is 0 Å². The van der Waals surface area contributed by atoms with E-state index in [0.29, 0.717) is 12.2 Å². The molecule has 0 saturated heterocycles. The number of benzene rings is 1. The van der Waals surface area contributed by atoms with E-state index < -0.39 is 46.4 Å². The maximum absolute atomic E-state index is 13.7. The summed E-state index contributed by atoms with van der Waals surface area (Å²) in [4.78, 5) is 26.9. The first-order chi connectivity index (χ1) is 12.6. The van der Waals surface area contributed by atoms with Crippen molar-refractivity contribution in [2.75, 3.05) is 6.61 Å². The number of aryl methyl sites for hydroxylation is 1. The Kier molecular flexibility index (Phi) is 5.82. The molecular formula is C18H14F5NO3. The van der Waals surface area contributed by atoms with Gasteiger partial charge in [0.05, 0.1) is 12.2 Å². The van der Waals surface area contributed by atoms with Crippen LogP contribution in [0.2, 0.25) is 0 Å². The number of esters is 1. The molecule has 0 aliphatic heterocycles. The summed E-state index contributed by atoms with van der Waals surface area (Å²) in [6.07, 6.45) is 1.16. The van der Waals surface area contributed by atoms with Crippen molar-refractivity contribution in [3.05, 3.63) is 63.2 Å². The van der Waals surface area contributed by atoms with Crippen LogP contribution in [0, 0.1) is 42.9 Å². The summed E-state index contributed by atoms with van der Waals surface area (Å²) in [5.41, 5.74) is -0.669. The van der Waals surface area contributed by atoms with Gasteiger partial charge >= 0.3 is 5.97 Å². The van der Waals surface area contributed by atoms with Gasteiger partial charge < -0.3 is 9.72 Å². The number of allylic oxidation sites excluding steroid dienone is 1. The van der Waals surface area contributed by atoms with Gasteiger partial charge in [-0.25, -0.2) is 26.7 Å². The average Bonchev–Trinajstić information content (AvgIpc) is 2.92. The molecule has 0 aliphatic carbocycles. The Balaban J connectivity index is 2.44. The average molecular weight is 387 g/mol. The first-order valence-electron chi connectivity index (χ1n) is 7.71. The Morgan fingerprint density at radius 1 is 0.963 bits per heavy atom. The lowest BCUT2D eigenvalue weighted by atomic mass is 10.0. The number of carbonyl (C=O) groups is 2. The molecular weight excluding hydrogens is 373 g/mol. The highest BCUT2D eigenvalue weighted by molar-refractivity contribution is 6.10. The largest absolute Gasteiger partial charge is 0.461 e. The van der Waals surface area contributed by atoms with Crippen LogP contribution in [0.15, 0.2) is 6.08 Å². The van der Waals surface area contributed by atoms with Gasteiger partial charge in [0.25, 0.3) is 0 Å². The van der Waals surface area contributed by atoms with Crippen molar-refractivity contribution in [3.8, 4) is 0 Å². The zero-order chi connectivity index (χ0) is 20.5. The van der Waals surface area contributed by atoms with Crippen molar-refractivity contribution >= 4 is 17.8 Å². The van der Waals surface area contributed by atoms with E-state index in [-0.39, 0.29) is 29.1 Å². The molecule has 1 heterocycles. The zero-order valence-electron chi connectivity index (χ0n) is 14.5.